The zero-order chi connectivity index (χ0) is 30.4. The Morgan fingerprint density at radius 2 is 1.91 bits per heavy atom. The Hall–Kier alpha value is -3.28. The van der Waals surface area contributed by atoms with Crippen LogP contribution in [0.5, 0.6) is 0 Å². The van der Waals surface area contributed by atoms with Crippen molar-refractivity contribution in [3.05, 3.63) is 53.9 Å². The highest BCUT2D eigenvalue weighted by molar-refractivity contribution is 5.87. The van der Waals surface area contributed by atoms with Gasteiger partial charge in [0.05, 0.1) is 38.3 Å². The molecule has 1 aromatic heterocycles. The lowest BCUT2D eigenvalue weighted by Crippen LogP contribution is -3.06. The van der Waals surface area contributed by atoms with E-state index in [-0.39, 0.29) is 10.6 Å². The molecule has 0 aliphatic rings. The summed E-state index contributed by atoms with van der Waals surface area (Å²) in [5.41, 5.74) is -2.19. The van der Waals surface area contributed by atoms with Gasteiger partial charge >= 0.3 is 11.9 Å². The van der Waals surface area contributed by atoms with Crippen LogP contribution in [0.4, 0.5) is 0 Å². The first-order valence-corrected chi connectivity index (χ1v) is 9.11. The molecule has 2 aromatic rings. The molecule has 0 bridgehead atoms. The molecule has 2 rings (SSSR count). The number of carboxylic acid groups (broad SMARTS) is 3. The highest BCUT2D eigenvalue weighted by Gasteiger charge is 2.38. The number of hydrogen-bond donors (Lipinski definition) is 4. The predicted octanol–water partition coefficient (Wildman–Crippen LogP) is -1.91. The first kappa shape index (κ1) is 17.3. The number of nitrogens with one attached hydrogen (secondary N) is 1. The van der Waals surface area contributed by atoms with E-state index in [1.54, 1.807) is 30.3 Å². The summed E-state index contributed by atoms with van der Waals surface area (Å²) >= 11 is 0. The Morgan fingerprint density at radius 1 is 1.25 bits per heavy atom. The second kappa shape index (κ2) is 12.5. The average Bonchev–Trinajstić information content (AvgIpc) is 3.27. The second-order valence-corrected chi connectivity index (χ2v) is 6.76. The summed E-state index contributed by atoms with van der Waals surface area (Å²) in [4.78, 5) is 30.5. The summed E-state index contributed by atoms with van der Waals surface area (Å²) in [7, 11) is 2.96. The van der Waals surface area contributed by atoms with E-state index in [9.17, 15) is 19.5 Å². The minimum absolute atomic E-state index is 0.115. The molecular weight excluding hydrogens is 422 g/mol. The zero-order valence-corrected chi connectivity index (χ0v) is 17.3. The lowest BCUT2D eigenvalue weighted by molar-refractivity contribution is -0.858. The number of aliphatic hydroxyl groups is 1. The quantitative estimate of drug-likeness (QED) is 0.300. The van der Waals surface area contributed by atoms with Gasteiger partial charge in [0.2, 0.25) is 0 Å². The normalized spacial score (nSPS) is 18.1. The molecule has 11 heteroatoms. The number of carbonyl (C=O) groups is 3. The maximum absolute atomic E-state index is 10.3. The summed E-state index contributed by atoms with van der Waals surface area (Å²) in [6, 6.07) is 9.94. The van der Waals surface area contributed by atoms with Crippen LogP contribution in [0.15, 0.2) is 42.6 Å². The number of aryl methyl sites for hydroxylation is 1. The summed E-state index contributed by atoms with van der Waals surface area (Å²) < 4.78 is 61.6. The monoisotopic (exact) mass is 458 g/mol. The van der Waals surface area contributed by atoms with E-state index in [2.05, 4.69) is 5.10 Å². The van der Waals surface area contributed by atoms with Crippen LogP contribution in [-0.4, -0.2) is 75.8 Å². The molecule has 1 aromatic carbocycles. The summed E-state index contributed by atoms with van der Waals surface area (Å²) in [5.74, 6) is -5.34. The molecule has 2 atom stereocenters. The third-order valence-corrected chi connectivity index (χ3v) is 3.80. The fourth-order valence-corrected chi connectivity index (χ4v) is 2.33. The van der Waals surface area contributed by atoms with Crippen LogP contribution in [0, 0.1) is 0 Å². The van der Waals surface area contributed by atoms with Crippen molar-refractivity contribution < 1.29 is 54.0 Å². The Bertz CT molecular complexity index is 1120. The second-order valence-electron chi connectivity index (χ2n) is 6.76. The van der Waals surface area contributed by atoms with Crippen LogP contribution >= 0.6 is 0 Å². The minimum atomic E-state index is -2.80. The Labute approximate surface area is 195 Å². The Morgan fingerprint density at radius 3 is 2.41 bits per heavy atom. The third-order valence-electron chi connectivity index (χ3n) is 3.80. The molecule has 1 heterocycles. The van der Waals surface area contributed by atoms with Gasteiger partial charge in [-0.15, -0.1) is 0 Å². The van der Waals surface area contributed by atoms with Gasteiger partial charge < -0.3 is 34.9 Å². The molecule has 0 saturated carbocycles. The van der Waals surface area contributed by atoms with E-state index < -0.39 is 62.5 Å². The number of rotatable bonds is 11. The van der Waals surface area contributed by atoms with E-state index in [0.29, 0.717) is 5.56 Å². The molecule has 0 saturated heterocycles. The number of aliphatic carboxylic acids is 3. The number of ether oxygens (including phenoxy) is 1. The number of quaternary nitrogens is 1. The van der Waals surface area contributed by atoms with Gasteiger partial charge in [0.15, 0.2) is 5.60 Å². The van der Waals surface area contributed by atoms with Gasteiger partial charge in [0.25, 0.3) is 0 Å². The third kappa shape index (κ3) is 8.84. The van der Waals surface area contributed by atoms with Crippen LogP contribution in [0.2, 0.25) is 0 Å². The molecule has 0 aliphatic heterocycles. The molecule has 0 radical (unpaired) electrons. The van der Waals surface area contributed by atoms with Crippen molar-refractivity contribution in [3.8, 4) is 0 Å². The molecule has 0 aliphatic carbocycles. The molecule has 176 valence electrons. The first-order valence-electron chi connectivity index (χ1n) is 12.6. The van der Waals surface area contributed by atoms with Gasteiger partial charge in [0.1, 0.15) is 12.6 Å². The molecule has 0 spiro atoms. The number of likely N-dealkylation sites (N-methyl/N-ethyl adjacent to an activating group) is 1. The van der Waals surface area contributed by atoms with Gasteiger partial charge in [-0.2, -0.15) is 5.10 Å². The van der Waals surface area contributed by atoms with Crippen molar-refractivity contribution in [1.82, 2.24) is 9.78 Å². The summed E-state index contributed by atoms with van der Waals surface area (Å²) in [6.07, 6.45) is -2.29. The van der Waals surface area contributed by atoms with Crippen LogP contribution in [-0.2, 0) is 26.1 Å². The number of carboxylic acids is 3. The van der Waals surface area contributed by atoms with Gasteiger partial charge in [0, 0.05) is 29.7 Å². The molecule has 11 nitrogen and oxygen atoms in total. The minimum Gasteiger partial charge on any atom is -0.550 e. The number of carbonyl (C=O) groups excluding carboxylic acids is 1. The highest BCUT2D eigenvalue weighted by Crippen LogP contribution is 2.24. The van der Waals surface area contributed by atoms with Crippen LogP contribution in [0.1, 0.15) is 39.8 Å². The van der Waals surface area contributed by atoms with Crippen molar-refractivity contribution in [2.24, 2.45) is 6.98 Å². The van der Waals surface area contributed by atoms with E-state index in [1.165, 1.54) is 26.4 Å². The van der Waals surface area contributed by atoms with E-state index in [1.807, 2.05) is 0 Å². The average molecular weight is 459 g/mol. The summed E-state index contributed by atoms with van der Waals surface area (Å²) in [5, 5.41) is 39.3. The smallest absolute Gasteiger partial charge is 0.336 e. The van der Waals surface area contributed by atoms with Crippen molar-refractivity contribution >= 4 is 17.9 Å². The SMILES string of the molecule is O=C([O-])CC(O)(CC(=O)O)C(=O)O.[2H]C([2H])([2H])n1nccc1C(OC([2H])([2H])C([2H])([2H])[NH+](C)C)c1ccccc1. The standard InChI is InChI=1S/C15H21N3O.C6H8O7/c1-17(2)11-12-19-15(13-7-5-4-6-8-13)14-9-10-16-18(14)3;7-3(8)1-6(13,5(11)12)2-4(9)10/h4-10,15H,11-12H2,1-3H3;13H,1-2H2,(H,7,8)(H,9,10)(H,11,12)/i3D3,11D2,12D2;. The maximum Gasteiger partial charge on any atom is 0.336 e. The van der Waals surface area contributed by atoms with Gasteiger partial charge in [-0.1, -0.05) is 30.3 Å². The van der Waals surface area contributed by atoms with Crippen molar-refractivity contribution in [2.75, 3.05) is 27.2 Å². The van der Waals surface area contributed by atoms with E-state index in [0.717, 1.165) is 4.68 Å². The molecule has 0 amide bonds. The van der Waals surface area contributed by atoms with Gasteiger partial charge in [-0.05, 0) is 11.6 Å². The number of hydrogen-bond acceptors (Lipinski definition) is 7. The van der Waals surface area contributed by atoms with Crippen LogP contribution in [0.3, 0.4) is 0 Å². The first-order chi connectivity index (χ1) is 17.7. The number of aromatic nitrogens is 2. The van der Waals surface area contributed by atoms with E-state index >= 15 is 0 Å². The molecule has 4 N–H and O–H groups in total. The zero-order valence-electron chi connectivity index (χ0n) is 24.3. The maximum atomic E-state index is 10.3. The molecule has 0 fully saturated rings. The number of nitrogens with zero attached hydrogens (tertiary/aromatic N) is 2. The van der Waals surface area contributed by atoms with Crippen molar-refractivity contribution in [3.63, 3.8) is 0 Å². The fraction of sp³-hybridized carbons (Fsp3) is 0.429. The van der Waals surface area contributed by atoms with Crippen molar-refractivity contribution in [1.29, 1.82) is 0 Å². The van der Waals surface area contributed by atoms with Crippen LogP contribution < -0.4 is 10.0 Å². The Balaban J connectivity index is 0.000000495. The van der Waals surface area contributed by atoms with Gasteiger partial charge in [-0.25, -0.2) is 4.79 Å². The highest BCUT2D eigenvalue weighted by atomic mass is 16.5. The predicted molar refractivity (Wildman–Crippen MR) is 110 cm³/mol. The lowest BCUT2D eigenvalue weighted by Gasteiger charge is -2.21. The van der Waals surface area contributed by atoms with E-state index in [4.69, 9.17) is 29.7 Å². The fourth-order valence-electron chi connectivity index (χ4n) is 2.33. The molecule has 2 unspecified atom stereocenters. The topological polar surface area (TPSA) is 166 Å². The molecular formula is C21H29N3O8. The van der Waals surface area contributed by atoms with Gasteiger partial charge in [-0.3, -0.25) is 9.48 Å². The summed E-state index contributed by atoms with van der Waals surface area (Å²) in [6.45, 7) is -7.64. The molecule has 32 heavy (non-hydrogen) atoms. The van der Waals surface area contributed by atoms with Crippen molar-refractivity contribution in [2.45, 2.75) is 24.5 Å². The van der Waals surface area contributed by atoms with Crippen LogP contribution in [0.25, 0.3) is 0 Å². The Kier molecular flexibility index (Phi) is 6.78. The largest absolute Gasteiger partial charge is 0.550 e. The number of benzene rings is 1. The lowest BCUT2D eigenvalue weighted by atomic mass is 9.96.